The molecule has 3 heterocycles. The number of hydrogen-bond acceptors (Lipinski definition) is 6. The quantitative estimate of drug-likeness (QED) is 0.305. The number of nitrogens with zero attached hydrogens (tertiary/aromatic N) is 5. The van der Waals surface area contributed by atoms with Crippen LogP contribution in [0.1, 0.15) is 59.8 Å². The maximum atomic E-state index is 12.5. The van der Waals surface area contributed by atoms with E-state index >= 15 is 0 Å². The van der Waals surface area contributed by atoms with E-state index < -0.39 is 0 Å². The van der Waals surface area contributed by atoms with E-state index in [0.29, 0.717) is 25.6 Å². The van der Waals surface area contributed by atoms with Crippen LogP contribution in [0.3, 0.4) is 0 Å². The van der Waals surface area contributed by atoms with E-state index in [0.717, 1.165) is 52.1 Å². The number of aromatic nitrogens is 3. The van der Waals surface area contributed by atoms with Crippen LogP contribution in [0.4, 0.5) is 0 Å². The number of benzene rings is 1. The van der Waals surface area contributed by atoms with E-state index in [1.165, 1.54) is 12.0 Å². The molecule has 36 heavy (non-hydrogen) atoms. The fourth-order valence-corrected chi connectivity index (χ4v) is 4.97. The number of nitrogens with one attached hydrogen (secondary N) is 1. The number of rotatable bonds is 9. The molecule has 1 unspecified atom stereocenters. The summed E-state index contributed by atoms with van der Waals surface area (Å²) in [6, 6.07) is 10.3. The van der Waals surface area contributed by atoms with Gasteiger partial charge in [-0.1, -0.05) is 12.5 Å². The molecular formula is C27H33BrN6O2. The molecule has 2 aromatic heterocycles. The van der Waals surface area contributed by atoms with Gasteiger partial charge in [0.05, 0.1) is 35.7 Å². The number of carbonyl (C=O) groups excluding carboxylic acids is 1. The van der Waals surface area contributed by atoms with E-state index in [-0.39, 0.29) is 5.91 Å². The summed E-state index contributed by atoms with van der Waals surface area (Å²) in [5, 5.41) is 8.79. The summed E-state index contributed by atoms with van der Waals surface area (Å²) < 4.78 is 8.50. The predicted molar refractivity (Wildman–Crippen MR) is 144 cm³/mol. The van der Waals surface area contributed by atoms with Crippen LogP contribution in [-0.4, -0.2) is 52.0 Å². The lowest BCUT2D eigenvalue weighted by Crippen LogP contribution is -2.36. The van der Waals surface area contributed by atoms with Crippen LogP contribution in [0.5, 0.6) is 5.75 Å². The first-order chi connectivity index (χ1) is 17.5. The molecule has 0 aliphatic carbocycles. The van der Waals surface area contributed by atoms with Crippen molar-refractivity contribution in [3.8, 4) is 5.75 Å². The van der Waals surface area contributed by atoms with Crippen LogP contribution < -0.4 is 10.2 Å². The van der Waals surface area contributed by atoms with Crippen molar-refractivity contribution in [2.45, 2.75) is 52.1 Å². The van der Waals surface area contributed by atoms with Crippen LogP contribution in [0.15, 0.2) is 52.3 Å². The smallest absolute Gasteiger partial charge is 0.241 e. The average molecular weight is 554 g/mol. The van der Waals surface area contributed by atoms with Crippen molar-refractivity contribution >= 4 is 28.1 Å². The molecule has 1 aliphatic rings. The molecule has 4 rings (SSSR count). The Morgan fingerprint density at radius 2 is 2.17 bits per heavy atom. The topological polar surface area (TPSA) is 84.6 Å². The van der Waals surface area contributed by atoms with Gasteiger partial charge in [0.15, 0.2) is 0 Å². The Hall–Kier alpha value is -3.04. The first-order valence-corrected chi connectivity index (χ1v) is 13.1. The molecule has 9 heteroatoms. The molecule has 0 spiro atoms. The third kappa shape index (κ3) is 6.39. The molecule has 0 radical (unpaired) electrons. The first-order valence-electron chi connectivity index (χ1n) is 12.3. The monoisotopic (exact) mass is 552 g/mol. The van der Waals surface area contributed by atoms with Crippen LogP contribution in [0.25, 0.3) is 0 Å². The largest absolute Gasteiger partial charge is 0.496 e. The van der Waals surface area contributed by atoms with E-state index in [4.69, 9.17) is 4.74 Å². The first kappa shape index (κ1) is 26.0. The molecule has 1 fully saturated rings. The highest BCUT2D eigenvalue weighted by Crippen LogP contribution is 2.30. The Morgan fingerprint density at radius 1 is 1.31 bits per heavy atom. The third-order valence-corrected chi connectivity index (χ3v) is 7.78. The highest BCUT2D eigenvalue weighted by Gasteiger charge is 2.24. The molecule has 1 aromatic carbocycles. The van der Waals surface area contributed by atoms with E-state index in [9.17, 15) is 4.79 Å². The molecule has 1 N–H and O–H groups in total. The zero-order valence-electron chi connectivity index (χ0n) is 21.1. The van der Waals surface area contributed by atoms with Crippen LogP contribution >= 0.6 is 15.9 Å². The van der Waals surface area contributed by atoms with Crippen molar-refractivity contribution in [2.24, 2.45) is 5.10 Å². The number of pyridine rings is 1. The van der Waals surface area contributed by atoms with Gasteiger partial charge in [-0.25, -0.2) is 5.43 Å². The summed E-state index contributed by atoms with van der Waals surface area (Å²) in [5.74, 6) is 0.688. The summed E-state index contributed by atoms with van der Waals surface area (Å²) >= 11 is 3.58. The van der Waals surface area contributed by atoms with Crippen molar-refractivity contribution in [1.82, 2.24) is 25.1 Å². The summed E-state index contributed by atoms with van der Waals surface area (Å²) in [5.41, 5.74) is 7.76. The van der Waals surface area contributed by atoms with Crippen molar-refractivity contribution in [3.05, 3.63) is 75.3 Å². The molecule has 0 saturated carbocycles. The minimum atomic E-state index is -0.0945. The van der Waals surface area contributed by atoms with E-state index in [1.54, 1.807) is 19.5 Å². The van der Waals surface area contributed by atoms with Crippen LogP contribution in [-0.2, 0) is 11.3 Å². The third-order valence-electron chi connectivity index (χ3n) is 6.63. The second kappa shape index (κ2) is 12.3. The molecule has 1 aliphatic heterocycles. The summed E-state index contributed by atoms with van der Waals surface area (Å²) in [6.07, 6.45) is 9.25. The highest BCUT2D eigenvalue weighted by atomic mass is 79.9. The molecule has 8 nitrogen and oxygen atoms in total. The summed E-state index contributed by atoms with van der Waals surface area (Å²) in [4.78, 5) is 19.2. The zero-order valence-corrected chi connectivity index (χ0v) is 22.7. The van der Waals surface area contributed by atoms with Gasteiger partial charge >= 0.3 is 0 Å². The Kier molecular flexibility index (Phi) is 8.88. The molecular weight excluding hydrogens is 520 g/mol. The Morgan fingerprint density at radius 3 is 2.89 bits per heavy atom. The fourth-order valence-electron chi connectivity index (χ4n) is 4.68. The van der Waals surface area contributed by atoms with Crippen molar-refractivity contribution < 1.29 is 9.53 Å². The fraction of sp³-hybridized carbons (Fsp3) is 0.407. The number of hydrogen-bond donors (Lipinski definition) is 1. The number of amides is 1. The van der Waals surface area contributed by atoms with Crippen LogP contribution in [0, 0.1) is 13.8 Å². The maximum absolute atomic E-state index is 12.5. The molecule has 0 bridgehead atoms. The molecule has 1 saturated heterocycles. The van der Waals surface area contributed by atoms with E-state index in [2.05, 4.69) is 47.5 Å². The molecule has 1 atom stereocenters. The van der Waals surface area contributed by atoms with Gasteiger partial charge < -0.3 is 4.74 Å². The summed E-state index contributed by atoms with van der Waals surface area (Å²) in [7, 11) is 1.66. The standard InChI is InChI=1S/C27H33BrN6O2/c1-19-27(28)20(2)34(32-19)18-23-15-21(9-10-25(23)36-3)16-30-31-26(35)11-14-33-13-5-4-8-24(33)22-7-6-12-29-17-22/h6-7,9-10,12,15-17,24H,4-5,8,11,13-14,18H2,1-3H3,(H,31,35)/b30-16+. The van der Waals surface area contributed by atoms with Crippen LogP contribution in [0.2, 0.25) is 0 Å². The van der Waals surface area contributed by atoms with Gasteiger partial charge in [-0.3, -0.25) is 19.4 Å². The second-order valence-electron chi connectivity index (χ2n) is 9.09. The number of ether oxygens (including phenoxy) is 1. The molecule has 3 aromatic rings. The normalized spacial score (nSPS) is 16.4. The Balaban J connectivity index is 1.34. The maximum Gasteiger partial charge on any atom is 0.241 e. The average Bonchev–Trinajstić information content (AvgIpc) is 3.14. The number of piperidine rings is 1. The van der Waals surface area contributed by atoms with Crippen molar-refractivity contribution in [1.29, 1.82) is 0 Å². The molecule has 1 amide bonds. The van der Waals surface area contributed by atoms with E-state index in [1.807, 2.05) is 49.0 Å². The predicted octanol–water partition coefficient (Wildman–Crippen LogP) is 4.78. The Labute approximate surface area is 220 Å². The number of halogens is 1. The SMILES string of the molecule is COc1ccc(/C=N/NC(=O)CCN2CCCCC2c2cccnc2)cc1Cn1nc(C)c(Br)c1C. The minimum Gasteiger partial charge on any atom is -0.496 e. The van der Waals surface area contributed by atoms with Gasteiger partial charge in [-0.2, -0.15) is 10.2 Å². The lowest BCUT2D eigenvalue weighted by molar-refractivity contribution is -0.121. The zero-order chi connectivity index (χ0) is 25.5. The number of likely N-dealkylation sites (tertiary alicyclic amines) is 1. The van der Waals surface area contributed by atoms with Gasteiger partial charge in [0.2, 0.25) is 5.91 Å². The number of hydrazone groups is 1. The molecule has 190 valence electrons. The lowest BCUT2D eigenvalue weighted by atomic mass is 9.96. The van der Waals surface area contributed by atoms with Crippen molar-refractivity contribution in [3.63, 3.8) is 0 Å². The highest BCUT2D eigenvalue weighted by molar-refractivity contribution is 9.10. The number of aryl methyl sites for hydroxylation is 1. The number of carbonyl (C=O) groups is 1. The van der Waals surface area contributed by atoms with Gasteiger partial charge in [-0.15, -0.1) is 0 Å². The van der Waals surface area contributed by atoms with Gasteiger partial charge in [0, 0.05) is 37.0 Å². The lowest BCUT2D eigenvalue weighted by Gasteiger charge is -2.35. The second-order valence-corrected chi connectivity index (χ2v) is 9.88. The van der Waals surface area contributed by atoms with Gasteiger partial charge in [0.1, 0.15) is 5.75 Å². The van der Waals surface area contributed by atoms with Crippen molar-refractivity contribution in [2.75, 3.05) is 20.2 Å². The number of methoxy groups -OCH3 is 1. The Bertz CT molecular complexity index is 1210. The van der Waals surface area contributed by atoms with Gasteiger partial charge in [0.25, 0.3) is 0 Å². The van der Waals surface area contributed by atoms with Gasteiger partial charge in [-0.05, 0) is 84.6 Å². The minimum absolute atomic E-state index is 0.0945. The summed E-state index contributed by atoms with van der Waals surface area (Å²) in [6.45, 7) is 6.27.